The molecule has 126 valence electrons. The van der Waals surface area contributed by atoms with Crippen LogP contribution in [0.3, 0.4) is 0 Å². The Kier molecular flexibility index (Phi) is 7.48. The topological polar surface area (TPSA) is 52.6 Å². The maximum atomic E-state index is 11.7. The van der Waals surface area contributed by atoms with Crippen molar-refractivity contribution < 1.29 is 15.7 Å². The van der Waals surface area contributed by atoms with Crippen LogP contribution in [0.4, 0.5) is 0 Å². The van der Waals surface area contributed by atoms with Crippen LogP contribution >= 0.6 is 20.6 Å². The van der Waals surface area contributed by atoms with Gasteiger partial charge in [0, 0.05) is 0 Å². The van der Waals surface area contributed by atoms with Crippen molar-refractivity contribution in [2.75, 3.05) is 0 Å². The Labute approximate surface area is 146 Å². The van der Waals surface area contributed by atoms with E-state index in [0.29, 0.717) is 0 Å². The number of carbonyl (C=O) groups excluding carboxylic acids is 2. The van der Waals surface area contributed by atoms with Gasteiger partial charge in [0.25, 0.3) is 0 Å². The number of rotatable bonds is 5. The first-order valence-electron chi connectivity index (χ1n) is 7.28. The molecule has 0 aliphatic rings. The van der Waals surface area contributed by atoms with Crippen molar-refractivity contribution in [2.24, 2.45) is 0 Å². The summed E-state index contributed by atoms with van der Waals surface area (Å²) in [5, 5.41) is 0. The summed E-state index contributed by atoms with van der Waals surface area (Å²) in [7, 11) is 0. The molecule has 0 aliphatic heterocycles. The third kappa shape index (κ3) is 6.56. The van der Waals surface area contributed by atoms with Gasteiger partial charge in [-0.25, -0.2) is 0 Å². The summed E-state index contributed by atoms with van der Waals surface area (Å²) in [6, 6.07) is 7.70. The fourth-order valence-corrected chi connectivity index (χ4v) is 4.25. The summed E-state index contributed by atoms with van der Waals surface area (Å²) >= 11 is -2.85. The van der Waals surface area contributed by atoms with Gasteiger partial charge in [-0.15, -0.1) is 0 Å². The first-order chi connectivity index (χ1) is 10.8. The van der Waals surface area contributed by atoms with E-state index in [9.17, 15) is 9.59 Å². The fraction of sp³-hybridized carbons (Fsp3) is 0.333. The minimum absolute atomic E-state index is 0.0286. The predicted molar refractivity (Wildman–Crippen MR) is 99.7 cm³/mol. The van der Waals surface area contributed by atoms with Crippen LogP contribution in [0.2, 0.25) is 0 Å². The Morgan fingerprint density at radius 1 is 0.913 bits per heavy atom. The third-order valence-electron chi connectivity index (χ3n) is 2.79. The molecule has 0 saturated carbocycles. The number of hydrogen-bond donors (Lipinski definition) is 0. The molecular formula is C18H23IO4. The van der Waals surface area contributed by atoms with E-state index in [0.717, 1.165) is 9.13 Å². The molecule has 23 heavy (non-hydrogen) atoms. The van der Waals surface area contributed by atoms with Gasteiger partial charge in [-0.2, -0.15) is 0 Å². The molecular weight excluding hydrogens is 407 g/mol. The number of hydrogen-bond acceptors (Lipinski definition) is 4. The van der Waals surface area contributed by atoms with Crippen LogP contribution in [0, 0.1) is 3.57 Å². The SMILES string of the molecule is C/C=C\C(=O)OI(OC(=O)/C=C\C)c1ccc(C(C)(C)C)cc1. The van der Waals surface area contributed by atoms with Gasteiger partial charge in [0.1, 0.15) is 0 Å². The molecule has 0 heterocycles. The van der Waals surface area contributed by atoms with Gasteiger partial charge in [0.05, 0.1) is 0 Å². The van der Waals surface area contributed by atoms with E-state index in [2.05, 4.69) is 20.8 Å². The third-order valence-corrected chi connectivity index (χ3v) is 6.19. The van der Waals surface area contributed by atoms with E-state index in [-0.39, 0.29) is 5.41 Å². The Hall–Kier alpha value is -1.63. The number of allylic oxidation sites excluding steroid dienone is 2. The van der Waals surface area contributed by atoms with Crippen molar-refractivity contribution in [2.45, 2.75) is 40.0 Å². The molecule has 0 spiro atoms. The predicted octanol–water partition coefficient (Wildman–Crippen LogP) is 4.73. The van der Waals surface area contributed by atoms with E-state index in [1.54, 1.807) is 26.0 Å². The van der Waals surface area contributed by atoms with Crippen LogP contribution in [0.5, 0.6) is 0 Å². The zero-order valence-electron chi connectivity index (χ0n) is 14.1. The second kappa shape index (κ2) is 8.86. The van der Waals surface area contributed by atoms with Gasteiger partial charge in [-0.1, -0.05) is 0 Å². The van der Waals surface area contributed by atoms with Crippen LogP contribution in [0.15, 0.2) is 48.6 Å². The zero-order valence-corrected chi connectivity index (χ0v) is 16.3. The van der Waals surface area contributed by atoms with Crippen molar-refractivity contribution in [1.29, 1.82) is 0 Å². The van der Waals surface area contributed by atoms with Gasteiger partial charge >= 0.3 is 146 Å². The Balaban J connectivity index is 3.02. The summed E-state index contributed by atoms with van der Waals surface area (Å²) in [4.78, 5) is 23.4. The van der Waals surface area contributed by atoms with Crippen LogP contribution in [-0.4, -0.2) is 11.9 Å². The summed E-state index contributed by atoms with van der Waals surface area (Å²) in [6.45, 7) is 9.82. The molecule has 1 aromatic carbocycles. The molecule has 0 atom stereocenters. The van der Waals surface area contributed by atoms with Crippen molar-refractivity contribution in [3.63, 3.8) is 0 Å². The molecule has 1 aromatic rings. The van der Waals surface area contributed by atoms with Crippen LogP contribution < -0.4 is 0 Å². The summed E-state index contributed by atoms with van der Waals surface area (Å²) in [5.41, 5.74) is 1.19. The molecule has 4 nitrogen and oxygen atoms in total. The zero-order chi connectivity index (χ0) is 17.5. The molecule has 0 amide bonds. The minimum atomic E-state index is -2.85. The van der Waals surface area contributed by atoms with Crippen molar-refractivity contribution in [3.05, 3.63) is 57.7 Å². The van der Waals surface area contributed by atoms with E-state index < -0.39 is 32.6 Å². The molecule has 0 aliphatic carbocycles. The second-order valence-electron chi connectivity index (χ2n) is 5.77. The number of benzene rings is 1. The summed E-state index contributed by atoms with van der Waals surface area (Å²) in [6.07, 6.45) is 5.81. The van der Waals surface area contributed by atoms with Gasteiger partial charge in [0.15, 0.2) is 0 Å². The normalized spacial score (nSPS) is 12.5. The number of halogens is 1. The Morgan fingerprint density at radius 2 is 1.35 bits per heavy atom. The average molecular weight is 430 g/mol. The summed E-state index contributed by atoms with van der Waals surface area (Å²) < 4.78 is 11.5. The molecule has 0 aromatic heterocycles. The van der Waals surface area contributed by atoms with Gasteiger partial charge in [-0.05, 0) is 0 Å². The van der Waals surface area contributed by atoms with Crippen molar-refractivity contribution in [3.8, 4) is 0 Å². The van der Waals surface area contributed by atoms with E-state index in [4.69, 9.17) is 6.13 Å². The average Bonchev–Trinajstić information content (AvgIpc) is 2.46. The van der Waals surface area contributed by atoms with Crippen LogP contribution in [-0.2, 0) is 21.1 Å². The molecule has 5 heteroatoms. The van der Waals surface area contributed by atoms with Crippen LogP contribution in [0.25, 0.3) is 0 Å². The Bertz CT molecular complexity index is 568. The molecule has 0 radical (unpaired) electrons. The van der Waals surface area contributed by atoms with Gasteiger partial charge in [0.2, 0.25) is 0 Å². The van der Waals surface area contributed by atoms with Crippen molar-refractivity contribution in [1.82, 2.24) is 0 Å². The van der Waals surface area contributed by atoms with Crippen molar-refractivity contribution >= 4 is 32.6 Å². The monoisotopic (exact) mass is 430 g/mol. The summed E-state index contributed by atoms with van der Waals surface area (Å²) in [5.74, 6) is -0.989. The molecule has 1 rings (SSSR count). The molecule has 0 fully saturated rings. The first kappa shape index (κ1) is 19.4. The molecule has 0 saturated heterocycles. The second-order valence-corrected chi connectivity index (χ2v) is 9.13. The number of carbonyl (C=O) groups is 2. The van der Waals surface area contributed by atoms with E-state index in [1.807, 2.05) is 24.3 Å². The quantitative estimate of drug-likeness (QED) is 0.501. The van der Waals surface area contributed by atoms with Gasteiger partial charge in [-0.3, -0.25) is 0 Å². The van der Waals surface area contributed by atoms with E-state index >= 15 is 0 Å². The molecule has 0 N–H and O–H groups in total. The molecule has 0 unspecified atom stereocenters. The first-order valence-corrected chi connectivity index (χ1v) is 10.1. The standard InChI is InChI=1S/C18H23IO4/c1-6-8-16(20)22-19(23-17(21)9-7-2)15-12-10-14(11-13-15)18(3,4)5/h6-13H,1-5H3/b8-6-,9-7-. The van der Waals surface area contributed by atoms with E-state index in [1.165, 1.54) is 12.2 Å². The maximum absolute atomic E-state index is 11.7. The molecule has 0 bridgehead atoms. The Morgan fingerprint density at radius 3 is 1.70 bits per heavy atom. The van der Waals surface area contributed by atoms with Gasteiger partial charge < -0.3 is 0 Å². The fourth-order valence-electron chi connectivity index (χ4n) is 1.62. The van der Waals surface area contributed by atoms with Crippen LogP contribution in [0.1, 0.15) is 40.2 Å².